The Bertz CT molecular complexity index is 867. The highest BCUT2D eigenvalue weighted by molar-refractivity contribution is 9.10. The molecule has 2 aromatic rings. The van der Waals surface area contributed by atoms with Crippen molar-refractivity contribution in [2.24, 2.45) is 0 Å². The van der Waals surface area contributed by atoms with Gasteiger partial charge in [0.15, 0.2) is 0 Å². The molecule has 0 radical (unpaired) electrons. The Kier molecular flexibility index (Phi) is 5.20. The molecular weight excluding hydrogens is 402 g/mol. The number of hydrogen-bond acceptors (Lipinski definition) is 4. The molecule has 3 rings (SSSR count). The average Bonchev–Trinajstić information content (AvgIpc) is 3.17. The lowest BCUT2D eigenvalue weighted by molar-refractivity contribution is -0.138. The van der Waals surface area contributed by atoms with Gasteiger partial charge in [0.25, 0.3) is 5.91 Å². The molecule has 0 bridgehead atoms. The van der Waals surface area contributed by atoms with Gasteiger partial charge in [0.05, 0.1) is 17.8 Å². The van der Waals surface area contributed by atoms with Crippen molar-refractivity contribution in [1.29, 1.82) is 0 Å². The molecule has 0 N–H and O–H groups in total. The van der Waals surface area contributed by atoms with Crippen LogP contribution in [0.2, 0.25) is 0 Å². The summed E-state index contributed by atoms with van der Waals surface area (Å²) < 4.78 is 6.10. The zero-order chi connectivity index (χ0) is 18.0. The number of allylic oxidation sites excluding steroid dienone is 1. The van der Waals surface area contributed by atoms with E-state index in [1.165, 1.54) is 11.3 Å². The SMILES string of the molecule is CCOC(=O)C1=C(C)N(c2ccc(Br)cc2)C(=O)C1=Cc1cccs1. The van der Waals surface area contributed by atoms with Gasteiger partial charge in [0, 0.05) is 20.7 Å². The molecule has 1 aliphatic heterocycles. The van der Waals surface area contributed by atoms with Gasteiger partial charge in [0.2, 0.25) is 0 Å². The minimum absolute atomic E-state index is 0.226. The molecule has 1 aliphatic rings. The number of thiophene rings is 1. The molecule has 0 saturated heterocycles. The van der Waals surface area contributed by atoms with E-state index in [1.807, 2.05) is 41.8 Å². The molecule has 128 valence electrons. The van der Waals surface area contributed by atoms with Crippen LogP contribution in [0, 0.1) is 0 Å². The van der Waals surface area contributed by atoms with Crippen LogP contribution in [0.25, 0.3) is 6.08 Å². The molecule has 2 heterocycles. The Morgan fingerprint density at radius 2 is 2.00 bits per heavy atom. The summed E-state index contributed by atoms with van der Waals surface area (Å²) in [6.45, 7) is 3.77. The molecule has 4 nitrogen and oxygen atoms in total. The fourth-order valence-corrected chi connectivity index (χ4v) is 3.62. The molecule has 1 aromatic heterocycles. The van der Waals surface area contributed by atoms with Crippen molar-refractivity contribution in [2.75, 3.05) is 11.5 Å². The Hall–Kier alpha value is -2.18. The summed E-state index contributed by atoms with van der Waals surface area (Å²) in [4.78, 5) is 28.0. The molecular formula is C19H16BrNO3S. The summed E-state index contributed by atoms with van der Waals surface area (Å²) >= 11 is 4.90. The summed E-state index contributed by atoms with van der Waals surface area (Å²) in [5.74, 6) is -0.702. The first-order valence-corrected chi connectivity index (χ1v) is 9.43. The number of carbonyl (C=O) groups is 2. The van der Waals surface area contributed by atoms with Crippen LogP contribution in [0.5, 0.6) is 0 Å². The number of hydrogen-bond donors (Lipinski definition) is 0. The standard InChI is InChI=1S/C19H16BrNO3S/c1-3-24-19(23)17-12(2)21(14-8-6-13(20)7-9-14)18(22)16(17)11-15-5-4-10-25-15/h4-11H,3H2,1-2H3. The molecule has 0 unspecified atom stereocenters. The van der Waals surface area contributed by atoms with E-state index in [-0.39, 0.29) is 12.5 Å². The van der Waals surface area contributed by atoms with Crippen LogP contribution >= 0.6 is 27.3 Å². The van der Waals surface area contributed by atoms with Gasteiger partial charge in [0.1, 0.15) is 0 Å². The molecule has 0 saturated carbocycles. The Balaban J connectivity index is 2.11. The predicted molar refractivity (Wildman–Crippen MR) is 103 cm³/mol. The van der Waals surface area contributed by atoms with Crippen LogP contribution in [-0.4, -0.2) is 18.5 Å². The second-order valence-corrected chi connectivity index (χ2v) is 7.27. The number of esters is 1. The van der Waals surface area contributed by atoms with Gasteiger partial charge in [-0.15, -0.1) is 11.3 Å². The lowest BCUT2D eigenvalue weighted by Crippen LogP contribution is -2.24. The number of rotatable bonds is 4. The number of carbonyl (C=O) groups excluding carboxylic acids is 2. The molecule has 0 spiro atoms. The number of benzene rings is 1. The van der Waals surface area contributed by atoms with E-state index in [0.717, 1.165) is 9.35 Å². The fourth-order valence-electron chi connectivity index (χ4n) is 2.70. The number of nitrogens with zero attached hydrogens (tertiary/aromatic N) is 1. The lowest BCUT2D eigenvalue weighted by Gasteiger charge is -2.17. The minimum Gasteiger partial charge on any atom is -0.462 e. The first-order valence-electron chi connectivity index (χ1n) is 7.76. The van der Waals surface area contributed by atoms with Gasteiger partial charge < -0.3 is 4.74 Å². The van der Waals surface area contributed by atoms with Crippen molar-refractivity contribution in [1.82, 2.24) is 0 Å². The molecule has 1 aromatic carbocycles. The van der Waals surface area contributed by atoms with Crippen molar-refractivity contribution in [3.63, 3.8) is 0 Å². The van der Waals surface area contributed by atoms with Crippen LogP contribution in [-0.2, 0) is 14.3 Å². The summed E-state index contributed by atoms with van der Waals surface area (Å²) in [7, 11) is 0. The second kappa shape index (κ2) is 7.37. The van der Waals surface area contributed by atoms with Gasteiger partial charge in [-0.1, -0.05) is 22.0 Å². The Morgan fingerprint density at radius 1 is 1.28 bits per heavy atom. The van der Waals surface area contributed by atoms with E-state index in [0.29, 0.717) is 22.5 Å². The first kappa shape index (κ1) is 17.6. The van der Waals surface area contributed by atoms with Gasteiger partial charge in [-0.2, -0.15) is 0 Å². The van der Waals surface area contributed by atoms with E-state index in [9.17, 15) is 9.59 Å². The van der Waals surface area contributed by atoms with Crippen LogP contribution < -0.4 is 4.90 Å². The van der Waals surface area contributed by atoms with Gasteiger partial charge in [-0.25, -0.2) is 4.79 Å². The zero-order valence-corrected chi connectivity index (χ0v) is 16.2. The molecule has 0 aliphatic carbocycles. The van der Waals surface area contributed by atoms with E-state index < -0.39 is 5.97 Å². The Morgan fingerprint density at radius 3 is 2.60 bits per heavy atom. The first-order chi connectivity index (χ1) is 12.0. The number of ether oxygens (including phenoxy) is 1. The number of anilines is 1. The molecule has 0 atom stereocenters. The number of amides is 1. The van der Waals surface area contributed by atoms with E-state index in [1.54, 1.807) is 24.8 Å². The smallest absolute Gasteiger partial charge is 0.340 e. The van der Waals surface area contributed by atoms with Crippen LogP contribution in [0.15, 0.2) is 63.1 Å². The summed E-state index contributed by atoms with van der Waals surface area (Å²) in [6, 6.07) is 11.2. The number of halogens is 1. The normalized spacial score (nSPS) is 16.0. The van der Waals surface area contributed by atoms with E-state index in [2.05, 4.69) is 15.9 Å². The van der Waals surface area contributed by atoms with Gasteiger partial charge in [-0.05, 0) is 55.6 Å². The van der Waals surface area contributed by atoms with Crippen LogP contribution in [0.4, 0.5) is 5.69 Å². The predicted octanol–water partition coefficient (Wildman–Crippen LogP) is 4.78. The highest BCUT2D eigenvalue weighted by Crippen LogP contribution is 2.36. The monoisotopic (exact) mass is 417 g/mol. The third-order valence-corrected chi connectivity index (χ3v) is 5.14. The molecule has 25 heavy (non-hydrogen) atoms. The quantitative estimate of drug-likeness (QED) is 0.531. The molecule has 6 heteroatoms. The topological polar surface area (TPSA) is 46.6 Å². The lowest BCUT2D eigenvalue weighted by atomic mass is 10.1. The van der Waals surface area contributed by atoms with Crippen molar-refractivity contribution in [3.8, 4) is 0 Å². The fraction of sp³-hybridized carbons (Fsp3) is 0.158. The van der Waals surface area contributed by atoms with Crippen molar-refractivity contribution < 1.29 is 14.3 Å². The van der Waals surface area contributed by atoms with Crippen molar-refractivity contribution >= 4 is 50.9 Å². The summed E-state index contributed by atoms with van der Waals surface area (Å²) in [5, 5.41) is 1.93. The van der Waals surface area contributed by atoms with Gasteiger partial charge >= 0.3 is 5.97 Å². The molecule has 1 amide bonds. The average molecular weight is 418 g/mol. The highest BCUT2D eigenvalue weighted by atomic mass is 79.9. The van der Waals surface area contributed by atoms with Crippen LogP contribution in [0.3, 0.4) is 0 Å². The van der Waals surface area contributed by atoms with Crippen molar-refractivity contribution in [3.05, 3.63) is 68.0 Å². The summed E-state index contributed by atoms with van der Waals surface area (Å²) in [6.07, 6.45) is 1.75. The third kappa shape index (κ3) is 3.45. The van der Waals surface area contributed by atoms with E-state index >= 15 is 0 Å². The largest absolute Gasteiger partial charge is 0.462 e. The second-order valence-electron chi connectivity index (χ2n) is 5.37. The molecule has 0 fully saturated rings. The maximum atomic E-state index is 13.0. The third-order valence-electron chi connectivity index (χ3n) is 3.79. The summed E-state index contributed by atoms with van der Waals surface area (Å²) in [5.41, 5.74) is 1.97. The minimum atomic E-state index is -0.476. The van der Waals surface area contributed by atoms with Gasteiger partial charge in [-0.3, -0.25) is 9.69 Å². The van der Waals surface area contributed by atoms with E-state index in [4.69, 9.17) is 4.74 Å². The highest BCUT2D eigenvalue weighted by Gasteiger charge is 2.38. The Labute approximate surface area is 158 Å². The van der Waals surface area contributed by atoms with Crippen LogP contribution in [0.1, 0.15) is 18.7 Å². The maximum absolute atomic E-state index is 13.0. The van der Waals surface area contributed by atoms with Crippen molar-refractivity contribution in [2.45, 2.75) is 13.8 Å². The maximum Gasteiger partial charge on any atom is 0.340 e. The zero-order valence-electron chi connectivity index (χ0n) is 13.8.